The van der Waals surface area contributed by atoms with Crippen LogP contribution in [0.15, 0.2) is 0 Å². The summed E-state index contributed by atoms with van der Waals surface area (Å²) in [5, 5.41) is 0. The Kier molecular flexibility index (Phi) is 1.86. The average molecular weight is 234 g/mol. The van der Waals surface area contributed by atoms with Crippen molar-refractivity contribution in [3.63, 3.8) is 0 Å². The van der Waals surface area contributed by atoms with Gasteiger partial charge in [0.25, 0.3) is 0 Å². The van der Waals surface area contributed by atoms with Crippen LogP contribution < -0.4 is 0 Å². The van der Waals surface area contributed by atoms with Gasteiger partial charge in [-0.05, 0) is 31.1 Å². The fourth-order valence-corrected chi connectivity index (χ4v) is 2.50. The minimum atomic E-state index is -0.466. The molecule has 64 valence electrons. The van der Waals surface area contributed by atoms with E-state index in [-0.39, 0.29) is 0 Å². The summed E-state index contributed by atoms with van der Waals surface area (Å²) < 4.78 is -0.932. The van der Waals surface area contributed by atoms with Crippen LogP contribution in [-0.2, 0) is 0 Å². The zero-order valence-electron chi connectivity index (χ0n) is 5.79. The van der Waals surface area contributed by atoms with Crippen LogP contribution in [0.5, 0.6) is 0 Å². The largest absolute Gasteiger partial charge is 0.121 e. The Bertz CT molecular complexity index is 167. The van der Waals surface area contributed by atoms with Crippen molar-refractivity contribution in [2.75, 3.05) is 0 Å². The molecule has 0 nitrogen and oxygen atoms in total. The van der Waals surface area contributed by atoms with Gasteiger partial charge in [0.05, 0.1) is 0 Å². The van der Waals surface area contributed by atoms with E-state index in [1.54, 1.807) is 0 Å². The maximum Gasteiger partial charge on any atom is 0.121 e. The molecule has 2 aliphatic rings. The summed E-state index contributed by atoms with van der Waals surface area (Å²) in [5.41, 5.74) is 0. The van der Waals surface area contributed by atoms with E-state index in [1.165, 1.54) is 0 Å². The van der Waals surface area contributed by atoms with Crippen molar-refractivity contribution < 1.29 is 0 Å². The third-order valence-corrected chi connectivity index (χ3v) is 4.33. The van der Waals surface area contributed by atoms with Crippen LogP contribution >= 0.6 is 46.4 Å². The number of rotatable bonds is 2. The van der Waals surface area contributed by atoms with E-state index in [0.717, 1.165) is 19.3 Å². The van der Waals surface area contributed by atoms with Crippen LogP contribution in [0, 0.1) is 11.8 Å². The third-order valence-electron chi connectivity index (χ3n) is 2.48. The predicted molar refractivity (Wildman–Crippen MR) is 49.7 cm³/mol. The van der Waals surface area contributed by atoms with Crippen molar-refractivity contribution in [3.8, 4) is 0 Å². The Hall–Kier alpha value is 1.16. The monoisotopic (exact) mass is 232 g/mol. The Morgan fingerprint density at radius 3 is 1.36 bits per heavy atom. The van der Waals surface area contributed by atoms with Crippen LogP contribution in [-0.4, -0.2) is 8.67 Å². The lowest BCUT2D eigenvalue weighted by atomic mass is 10.2. The average Bonchev–Trinajstić information content (AvgIpc) is 2.54. The highest BCUT2D eigenvalue weighted by Gasteiger charge is 2.59. The Labute approximate surface area is 86.1 Å². The summed E-state index contributed by atoms with van der Waals surface area (Å²) in [6, 6.07) is 0. The maximum absolute atomic E-state index is 5.85. The lowest BCUT2D eigenvalue weighted by Crippen LogP contribution is -1.96. The van der Waals surface area contributed by atoms with Gasteiger partial charge < -0.3 is 0 Å². The molecule has 2 aliphatic carbocycles. The van der Waals surface area contributed by atoms with Gasteiger partial charge in [0.2, 0.25) is 0 Å². The van der Waals surface area contributed by atoms with Gasteiger partial charge >= 0.3 is 0 Å². The standard InChI is InChI=1S/C7H8Cl4/c8-6(9)2-4(6)1-5-3-7(5,10)11/h4-5H,1-3H2/t4-,5+. The van der Waals surface area contributed by atoms with Crippen molar-refractivity contribution in [2.45, 2.75) is 27.9 Å². The first-order valence-corrected chi connectivity index (χ1v) is 5.19. The molecule has 2 fully saturated rings. The molecule has 2 saturated carbocycles. The van der Waals surface area contributed by atoms with Crippen LogP contribution in [0.4, 0.5) is 0 Å². The molecule has 2 rings (SSSR count). The van der Waals surface area contributed by atoms with Gasteiger partial charge in [0.1, 0.15) is 8.67 Å². The van der Waals surface area contributed by atoms with Gasteiger partial charge in [-0.15, -0.1) is 46.4 Å². The highest BCUT2D eigenvalue weighted by Crippen LogP contribution is 2.63. The predicted octanol–water partition coefficient (Wildman–Crippen LogP) is 3.76. The van der Waals surface area contributed by atoms with Crippen LogP contribution in [0.3, 0.4) is 0 Å². The van der Waals surface area contributed by atoms with Gasteiger partial charge in [-0.3, -0.25) is 0 Å². The molecule has 0 bridgehead atoms. The number of halogens is 4. The van der Waals surface area contributed by atoms with E-state index < -0.39 is 8.67 Å². The van der Waals surface area contributed by atoms with E-state index in [1.807, 2.05) is 0 Å². The zero-order valence-corrected chi connectivity index (χ0v) is 8.81. The van der Waals surface area contributed by atoms with Crippen LogP contribution in [0.1, 0.15) is 19.3 Å². The molecule has 0 heterocycles. The lowest BCUT2D eigenvalue weighted by Gasteiger charge is -1.99. The lowest BCUT2D eigenvalue weighted by molar-refractivity contribution is 0.641. The summed E-state index contributed by atoms with van der Waals surface area (Å²) in [6.07, 6.45) is 2.78. The van der Waals surface area contributed by atoms with Crippen molar-refractivity contribution in [1.82, 2.24) is 0 Å². The molecule has 11 heavy (non-hydrogen) atoms. The molecular formula is C7H8Cl4. The Morgan fingerprint density at radius 2 is 1.18 bits per heavy atom. The highest BCUT2D eigenvalue weighted by molar-refractivity contribution is 6.51. The summed E-state index contributed by atoms with van der Waals surface area (Å²) in [6.45, 7) is 0. The summed E-state index contributed by atoms with van der Waals surface area (Å²) >= 11 is 23.4. The molecule has 0 saturated heterocycles. The van der Waals surface area contributed by atoms with Gasteiger partial charge in [0, 0.05) is 0 Å². The van der Waals surface area contributed by atoms with E-state index in [9.17, 15) is 0 Å². The van der Waals surface area contributed by atoms with Gasteiger partial charge in [-0.25, -0.2) is 0 Å². The van der Waals surface area contributed by atoms with Crippen molar-refractivity contribution in [2.24, 2.45) is 11.8 Å². The first-order chi connectivity index (χ1) is 4.92. The smallest absolute Gasteiger partial charge is 0.101 e. The normalized spacial score (nSPS) is 43.6. The topological polar surface area (TPSA) is 0 Å². The molecular weight excluding hydrogens is 226 g/mol. The molecule has 4 heteroatoms. The number of alkyl halides is 4. The van der Waals surface area contributed by atoms with Gasteiger partial charge in [-0.2, -0.15) is 0 Å². The second kappa shape index (κ2) is 2.35. The van der Waals surface area contributed by atoms with Gasteiger partial charge in [-0.1, -0.05) is 0 Å². The molecule has 0 unspecified atom stereocenters. The molecule has 0 aliphatic heterocycles. The summed E-state index contributed by atoms with van der Waals surface area (Å²) in [4.78, 5) is 0. The van der Waals surface area contributed by atoms with Crippen molar-refractivity contribution in [1.29, 1.82) is 0 Å². The molecule has 0 spiro atoms. The maximum atomic E-state index is 5.85. The van der Waals surface area contributed by atoms with Crippen molar-refractivity contribution in [3.05, 3.63) is 0 Å². The Morgan fingerprint density at radius 1 is 0.909 bits per heavy atom. The summed E-state index contributed by atoms with van der Waals surface area (Å²) in [5.74, 6) is 0.852. The minimum absolute atomic E-state index is 0.426. The summed E-state index contributed by atoms with van der Waals surface area (Å²) in [7, 11) is 0. The number of hydrogen-bond donors (Lipinski definition) is 0. The van der Waals surface area contributed by atoms with Crippen molar-refractivity contribution >= 4 is 46.4 Å². The van der Waals surface area contributed by atoms with Gasteiger partial charge in [0.15, 0.2) is 0 Å². The van der Waals surface area contributed by atoms with E-state index in [0.29, 0.717) is 11.8 Å². The third kappa shape index (κ3) is 1.75. The fourth-order valence-electron chi connectivity index (χ4n) is 1.39. The Balaban J connectivity index is 1.79. The molecule has 0 aromatic rings. The van der Waals surface area contributed by atoms with Crippen LogP contribution in [0.25, 0.3) is 0 Å². The molecule has 0 amide bonds. The fraction of sp³-hybridized carbons (Fsp3) is 1.00. The van der Waals surface area contributed by atoms with E-state index >= 15 is 0 Å². The highest BCUT2D eigenvalue weighted by atomic mass is 35.5. The second-order valence-electron chi connectivity index (χ2n) is 3.56. The van der Waals surface area contributed by atoms with Crippen LogP contribution in [0.2, 0.25) is 0 Å². The first-order valence-electron chi connectivity index (χ1n) is 3.67. The molecule has 0 aromatic carbocycles. The molecule has 0 radical (unpaired) electrons. The minimum Gasteiger partial charge on any atom is -0.101 e. The molecule has 0 aromatic heterocycles. The van der Waals surface area contributed by atoms with E-state index in [2.05, 4.69) is 0 Å². The second-order valence-corrected chi connectivity index (χ2v) is 6.64. The molecule has 2 atom stereocenters. The molecule has 0 N–H and O–H groups in total. The van der Waals surface area contributed by atoms with E-state index in [4.69, 9.17) is 46.4 Å². The number of hydrogen-bond acceptors (Lipinski definition) is 0. The first kappa shape index (κ1) is 8.74. The SMILES string of the molecule is ClC1(Cl)C[C@H]1C[C@H]1CC1(Cl)Cl. The quantitative estimate of drug-likeness (QED) is 0.638. The zero-order chi connectivity index (χ0) is 8.28.